The van der Waals surface area contributed by atoms with E-state index in [0.29, 0.717) is 5.69 Å². The van der Waals surface area contributed by atoms with E-state index in [4.69, 9.17) is 5.11 Å². The Kier molecular flexibility index (Phi) is 4.41. The van der Waals surface area contributed by atoms with Gasteiger partial charge in [-0.15, -0.1) is 16.4 Å². The molecule has 0 bridgehead atoms. The predicted octanol–water partition coefficient (Wildman–Crippen LogP) is -0.0135. The van der Waals surface area contributed by atoms with Crippen LogP contribution in [0, 0.1) is 6.92 Å². The van der Waals surface area contributed by atoms with Crippen LogP contribution in [0.1, 0.15) is 16.4 Å². The number of aliphatic carboxylic acids is 1. The molecule has 2 aromatic heterocycles. The Morgan fingerprint density at radius 3 is 2.90 bits per heavy atom. The predicted molar refractivity (Wildman–Crippen MR) is 70.1 cm³/mol. The van der Waals surface area contributed by atoms with E-state index >= 15 is 0 Å². The van der Waals surface area contributed by atoms with Crippen LogP contribution in [0.25, 0.3) is 0 Å². The van der Waals surface area contributed by atoms with Crippen LogP contribution in [0.15, 0.2) is 11.6 Å². The van der Waals surface area contributed by atoms with Crippen LogP contribution >= 0.6 is 11.3 Å². The van der Waals surface area contributed by atoms with Crippen molar-refractivity contribution < 1.29 is 14.7 Å². The summed E-state index contributed by atoms with van der Waals surface area (Å²) in [6.07, 6.45) is 1.70. The summed E-state index contributed by atoms with van der Waals surface area (Å²) < 4.78 is 1.20. The third-order valence-corrected chi connectivity index (χ3v) is 3.18. The minimum Gasteiger partial charge on any atom is -0.480 e. The third kappa shape index (κ3) is 4.12. The van der Waals surface area contributed by atoms with Gasteiger partial charge in [0, 0.05) is 5.38 Å². The van der Waals surface area contributed by atoms with Crippen molar-refractivity contribution in [3.05, 3.63) is 28.0 Å². The second-order valence-corrected chi connectivity index (χ2v) is 5.17. The van der Waals surface area contributed by atoms with Crippen molar-refractivity contribution in [3.63, 3.8) is 0 Å². The summed E-state index contributed by atoms with van der Waals surface area (Å²) in [4.78, 5) is 26.4. The number of nitrogens with one attached hydrogen (secondary N) is 1. The van der Waals surface area contributed by atoms with Gasteiger partial charge in [0.15, 0.2) is 0 Å². The number of aryl methyl sites for hydroxylation is 1. The van der Waals surface area contributed by atoms with Crippen LogP contribution in [0.2, 0.25) is 0 Å². The van der Waals surface area contributed by atoms with Gasteiger partial charge in [-0.3, -0.25) is 9.59 Å². The molecule has 0 aliphatic heterocycles. The van der Waals surface area contributed by atoms with Gasteiger partial charge in [-0.05, 0) is 6.92 Å². The zero-order valence-electron chi connectivity index (χ0n) is 10.7. The Morgan fingerprint density at radius 2 is 2.25 bits per heavy atom. The molecule has 0 radical (unpaired) electrons. The molecule has 2 heterocycles. The molecule has 0 saturated carbocycles. The lowest BCUT2D eigenvalue weighted by molar-refractivity contribution is -0.138. The number of carbonyl (C=O) groups is 2. The average molecular weight is 295 g/mol. The molecule has 0 aliphatic carbocycles. The molecule has 9 heteroatoms. The van der Waals surface area contributed by atoms with Crippen molar-refractivity contribution in [3.8, 4) is 0 Å². The van der Waals surface area contributed by atoms with Gasteiger partial charge in [-0.2, -0.15) is 0 Å². The lowest BCUT2D eigenvalue weighted by Gasteiger charge is -2.00. The minimum absolute atomic E-state index is 0.164. The van der Waals surface area contributed by atoms with Crippen LogP contribution in [0.3, 0.4) is 0 Å². The van der Waals surface area contributed by atoms with E-state index in [0.717, 1.165) is 10.7 Å². The maximum Gasteiger partial charge on any atom is 0.325 e. The number of hydrogen-bond donors (Lipinski definition) is 2. The highest BCUT2D eigenvalue weighted by atomic mass is 32.1. The summed E-state index contributed by atoms with van der Waals surface area (Å²) in [5.41, 5.74) is 1.24. The zero-order chi connectivity index (χ0) is 14.5. The van der Waals surface area contributed by atoms with Gasteiger partial charge in [0.2, 0.25) is 5.91 Å². The summed E-state index contributed by atoms with van der Waals surface area (Å²) in [5, 5.41) is 21.5. The highest BCUT2D eigenvalue weighted by molar-refractivity contribution is 7.09. The molecule has 0 aliphatic rings. The van der Waals surface area contributed by atoms with Gasteiger partial charge < -0.3 is 10.4 Å². The van der Waals surface area contributed by atoms with Crippen molar-refractivity contribution in [2.24, 2.45) is 0 Å². The molecular weight excluding hydrogens is 282 g/mol. The van der Waals surface area contributed by atoms with E-state index < -0.39 is 5.97 Å². The number of carboxylic acid groups (broad SMARTS) is 1. The van der Waals surface area contributed by atoms with Gasteiger partial charge in [-0.1, -0.05) is 5.21 Å². The smallest absolute Gasteiger partial charge is 0.325 e. The Morgan fingerprint density at radius 1 is 1.45 bits per heavy atom. The number of thiazole rings is 1. The molecule has 1 amide bonds. The van der Waals surface area contributed by atoms with Gasteiger partial charge in [0.25, 0.3) is 0 Å². The standard InChI is InChI=1S/C11H13N5O3S/c1-7-13-8(6-20-7)2-10(17)12-3-9-4-16(15-14-9)5-11(18)19/h4,6H,2-3,5H2,1H3,(H,12,17)(H,18,19). The molecule has 2 N–H and O–H groups in total. The molecule has 0 unspecified atom stereocenters. The van der Waals surface area contributed by atoms with Crippen LogP contribution in [0.4, 0.5) is 0 Å². The van der Waals surface area contributed by atoms with Crippen LogP contribution in [-0.2, 0) is 29.1 Å². The third-order valence-electron chi connectivity index (χ3n) is 2.36. The largest absolute Gasteiger partial charge is 0.480 e. The summed E-state index contributed by atoms with van der Waals surface area (Å²) in [5.74, 6) is -1.16. The molecule has 2 aromatic rings. The number of amides is 1. The first-order valence-electron chi connectivity index (χ1n) is 5.81. The monoisotopic (exact) mass is 295 g/mol. The number of rotatable bonds is 6. The van der Waals surface area contributed by atoms with Gasteiger partial charge >= 0.3 is 5.97 Å². The van der Waals surface area contributed by atoms with E-state index in [2.05, 4.69) is 20.6 Å². The molecule has 8 nitrogen and oxygen atoms in total. The molecule has 0 saturated heterocycles. The van der Waals surface area contributed by atoms with E-state index in [1.807, 2.05) is 12.3 Å². The highest BCUT2D eigenvalue weighted by Crippen LogP contribution is 2.08. The summed E-state index contributed by atoms with van der Waals surface area (Å²) >= 11 is 1.50. The number of hydrogen-bond acceptors (Lipinski definition) is 6. The fourth-order valence-corrected chi connectivity index (χ4v) is 2.15. The topological polar surface area (TPSA) is 110 Å². The first-order chi connectivity index (χ1) is 9.52. The summed E-state index contributed by atoms with van der Waals surface area (Å²) in [7, 11) is 0. The van der Waals surface area contributed by atoms with E-state index in [1.54, 1.807) is 0 Å². The van der Waals surface area contributed by atoms with E-state index in [1.165, 1.54) is 22.2 Å². The maximum atomic E-state index is 11.7. The minimum atomic E-state index is -0.996. The van der Waals surface area contributed by atoms with E-state index in [-0.39, 0.29) is 25.4 Å². The first-order valence-corrected chi connectivity index (χ1v) is 6.69. The Balaban J connectivity index is 1.81. The molecule has 0 spiro atoms. The van der Waals surface area contributed by atoms with Crippen molar-refractivity contribution in [2.45, 2.75) is 26.4 Å². The van der Waals surface area contributed by atoms with Crippen LogP contribution in [-0.4, -0.2) is 37.0 Å². The van der Waals surface area contributed by atoms with Crippen LogP contribution < -0.4 is 5.32 Å². The fraction of sp³-hybridized carbons (Fsp3) is 0.364. The molecule has 20 heavy (non-hydrogen) atoms. The van der Waals surface area contributed by atoms with E-state index in [9.17, 15) is 9.59 Å². The van der Waals surface area contributed by atoms with Crippen molar-refractivity contribution in [1.82, 2.24) is 25.3 Å². The van der Waals surface area contributed by atoms with Gasteiger partial charge in [-0.25, -0.2) is 9.67 Å². The lowest BCUT2D eigenvalue weighted by Crippen LogP contribution is -2.24. The van der Waals surface area contributed by atoms with Crippen molar-refractivity contribution in [1.29, 1.82) is 0 Å². The lowest BCUT2D eigenvalue weighted by atomic mass is 10.3. The molecule has 0 atom stereocenters. The first kappa shape index (κ1) is 14.1. The number of aromatic nitrogens is 4. The van der Waals surface area contributed by atoms with Gasteiger partial charge in [0.1, 0.15) is 12.2 Å². The quantitative estimate of drug-likeness (QED) is 0.775. The molecule has 2 rings (SSSR count). The fourth-order valence-electron chi connectivity index (χ4n) is 1.54. The number of carboxylic acids is 1. The van der Waals surface area contributed by atoms with Crippen LogP contribution in [0.5, 0.6) is 0 Å². The SMILES string of the molecule is Cc1nc(CC(=O)NCc2cn(CC(=O)O)nn2)cs1. The molecule has 106 valence electrons. The Hall–Kier alpha value is -2.29. The Labute approximate surface area is 118 Å². The zero-order valence-corrected chi connectivity index (χ0v) is 11.6. The summed E-state index contributed by atoms with van der Waals surface area (Å²) in [6.45, 7) is 1.84. The molecular formula is C11H13N5O3S. The van der Waals surface area contributed by atoms with Crippen molar-refractivity contribution in [2.75, 3.05) is 0 Å². The number of nitrogens with zero attached hydrogens (tertiary/aromatic N) is 4. The molecule has 0 aromatic carbocycles. The van der Waals surface area contributed by atoms with Crippen molar-refractivity contribution >= 4 is 23.2 Å². The Bertz CT molecular complexity index is 621. The maximum absolute atomic E-state index is 11.7. The average Bonchev–Trinajstić information content (AvgIpc) is 2.96. The number of carbonyl (C=O) groups excluding carboxylic acids is 1. The molecule has 0 fully saturated rings. The second kappa shape index (κ2) is 6.24. The highest BCUT2D eigenvalue weighted by Gasteiger charge is 2.08. The summed E-state index contributed by atoms with van der Waals surface area (Å²) in [6, 6.07) is 0. The second-order valence-electron chi connectivity index (χ2n) is 4.11. The van der Waals surface area contributed by atoms with Gasteiger partial charge in [0.05, 0.1) is 29.9 Å². The normalized spacial score (nSPS) is 10.4.